The fourth-order valence-electron chi connectivity index (χ4n) is 4.31. The van der Waals surface area contributed by atoms with Crippen LogP contribution in [0, 0.1) is 6.92 Å². The lowest BCUT2D eigenvalue weighted by atomic mass is 9.89. The molecule has 0 saturated heterocycles. The number of amides is 1. The van der Waals surface area contributed by atoms with Gasteiger partial charge >= 0.3 is 6.09 Å². The molecule has 0 aromatic heterocycles. The summed E-state index contributed by atoms with van der Waals surface area (Å²) in [5.74, 6) is 0. The van der Waals surface area contributed by atoms with E-state index >= 15 is 0 Å². The van der Waals surface area contributed by atoms with E-state index in [4.69, 9.17) is 9.47 Å². The highest BCUT2D eigenvalue weighted by Gasteiger charge is 2.27. The van der Waals surface area contributed by atoms with E-state index in [2.05, 4.69) is 17.9 Å². The molecule has 5 heteroatoms. The van der Waals surface area contributed by atoms with Crippen molar-refractivity contribution in [1.82, 2.24) is 4.90 Å². The van der Waals surface area contributed by atoms with Gasteiger partial charge in [-0.1, -0.05) is 6.07 Å². The van der Waals surface area contributed by atoms with Gasteiger partial charge < -0.3 is 19.3 Å². The molecule has 0 saturated carbocycles. The highest BCUT2D eigenvalue weighted by Crippen LogP contribution is 2.36. The van der Waals surface area contributed by atoms with E-state index < -0.39 is 5.60 Å². The molecule has 0 unspecified atom stereocenters. The summed E-state index contributed by atoms with van der Waals surface area (Å²) in [4.78, 5) is 16.9. The molecule has 1 aromatic rings. The highest BCUT2D eigenvalue weighted by molar-refractivity contribution is 5.69. The van der Waals surface area contributed by atoms with Crippen molar-refractivity contribution >= 4 is 11.8 Å². The van der Waals surface area contributed by atoms with Gasteiger partial charge in [-0.3, -0.25) is 0 Å². The van der Waals surface area contributed by atoms with E-state index in [-0.39, 0.29) is 6.09 Å². The minimum absolute atomic E-state index is 0.195. The molecule has 3 rings (SSSR count). The quantitative estimate of drug-likeness (QED) is 0.808. The minimum Gasteiger partial charge on any atom is -0.444 e. The Morgan fingerprint density at radius 1 is 1.11 bits per heavy atom. The summed E-state index contributed by atoms with van der Waals surface area (Å²) in [6, 6.07) is 2.40. The zero-order valence-corrected chi connectivity index (χ0v) is 17.6. The largest absolute Gasteiger partial charge is 0.444 e. The zero-order valence-electron chi connectivity index (χ0n) is 17.6. The number of anilines is 1. The smallest absolute Gasteiger partial charge is 0.410 e. The molecule has 150 valence electrons. The number of carbonyl (C=O) groups excluding carboxylic acids is 1. The van der Waals surface area contributed by atoms with E-state index in [0.29, 0.717) is 0 Å². The van der Waals surface area contributed by atoms with Crippen LogP contribution >= 0.6 is 0 Å². The zero-order chi connectivity index (χ0) is 19.6. The normalized spacial score (nSPS) is 17.2. The summed E-state index contributed by atoms with van der Waals surface area (Å²) in [5, 5.41) is 0. The fourth-order valence-corrected chi connectivity index (χ4v) is 4.31. The number of rotatable bonds is 3. The molecule has 27 heavy (non-hydrogen) atoms. The molecule has 0 aliphatic carbocycles. The number of aryl methyl sites for hydroxylation is 1. The van der Waals surface area contributed by atoms with Crippen LogP contribution in [0.15, 0.2) is 6.07 Å². The van der Waals surface area contributed by atoms with Crippen LogP contribution < -0.4 is 4.90 Å². The van der Waals surface area contributed by atoms with Gasteiger partial charge in [0.25, 0.3) is 0 Å². The van der Waals surface area contributed by atoms with Crippen molar-refractivity contribution in [2.75, 3.05) is 44.8 Å². The van der Waals surface area contributed by atoms with Gasteiger partial charge in [-0.2, -0.15) is 0 Å². The first-order chi connectivity index (χ1) is 12.8. The Bertz CT molecular complexity index is 694. The van der Waals surface area contributed by atoms with Crippen LogP contribution in [0.1, 0.15) is 49.4 Å². The summed E-state index contributed by atoms with van der Waals surface area (Å²) in [6.07, 6.45) is 3.94. The maximum absolute atomic E-state index is 12.5. The second-order valence-corrected chi connectivity index (χ2v) is 8.70. The van der Waals surface area contributed by atoms with Crippen LogP contribution in [-0.2, 0) is 28.7 Å². The molecular formula is C22H34N2O3. The highest BCUT2D eigenvalue weighted by atomic mass is 16.6. The predicted molar refractivity (Wildman–Crippen MR) is 109 cm³/mol. The van der Waals surface area contributed by atoms with Crippen molar-refractivity contribution in [2.24, 2.45) is 0 Å². The summed E-state index contributed by atoms with van der Waals surface area (Å²) < 4.78 is 10.9. The predicted octanol–water partition coefficient (Wildman–Crippen LogP) is 3.73. The van der Waals surface area contributed by atoms with Gasteiger partial charge in [0, 0.05) is 39.0 Å². The van der Waals surface area contributed by atoms with Crippen LogP contribution in [0.3, 0.4) is 0 Å². The molecule has 5 nitrogen and oxygen atoms in total. The minimum atomic E-state index is -0.451. The molecule has 1 aromatic carbocycles. The summed E-state index contributed by atoms with van der Waals surface area (Å²) in [6.45, 7) is 12.3. The Labute approximate surface area is 163 Å². The maximum Gasteiger partial charge on any atom is 0.410 e. The van der Waals surface area contributed by atoms with Crippen LogP contribution in [0.2, 0.25) is 0 Å². The lowest BCUT2D eigenvalue weighted by molar-refractivity contribution is 0.0258. The third-order valence-corrected chi connectivity index (χ3v) is 5.54. The molecule has 1 amide bonds. The summed E-state index contributed by atoms with van der Waals surface area (Å²) in [5.41, 5.74) is 6.63. The SMILES string of the molecule is COCCN1CCCc2cc3c(c(C)c21)CCN(C(=O)OC(C)(C)C)CC3. The number of benzene rings is 1. The van der Waals surface area contributed by atoms with Crippen molar-refractivity contribution in [3.8, 4) is 0 Å². The van der Waals surface area contributed by atoms with Crippen LogP contribution in [0.5, 0.6) is 0 Å². The molecule has 2 aliphatic rings. The Morgan fingerprint density at radius 3 is 2.56 bits per heavy atom. The molecule has 0 spiro atoms. The lowest BCUT2D eigenvalue weighted by Crippen LogP contribution is -2.38. The van der Waals surface area contributed by atoms with Crippen LogP contribution in [0.25, 0.3) is 0 Å². The van der Waals surface area contributed by atoms with E-state index in [9.17, 15) is 4.79 Å². The fraction of sp³-hybridized carbons (Fsp3) is 0.682. The maximum atomic E-state index is 12.5. The molecule has 0 atom stereocenters. The van der Waals surface area contributed by atoms with Gasteiger partial charge in [0.2, 0.25) is 0 Å². The molecular weight excluding hydrogens is 340 g/mol. The molecule has 2 heterocycles. The van der Waals surface area contributed by atoms with Crippen molar-refractivity contribution in [3.05, 3.63) is 28.3 Å². The number of nitrogens with zero attached hydrogens (tertiary/aromatic N) is 2. The number of ether oxygens (including phenoxy) is 2. The van der Waals surface area contributed by atoms with Crippen LogP contribution in [0.4, 0.5) is 10.5 Å². The van der Waals surface area contributed by atoms with E-state index in [1.165, 1.54) is 34.4 Å². The number of methoxy groups -OCH3 is 1. The average Bonchev–Trinajstić information content (AvgIpc) is 2.81. The van der Waals surface area contributed by atoms with Gasteiger partial charge in [-0.25, -0.2) is 4.79 Å². The second-order valence-electron chi connectivity index (χ2n) is 8.70. The molecule has 0 N–H and O–H groups in total. The second kappa shape index (κ2) is 8.09. The Balaban J connectivity index is 1.83. The Hall–Kier alpha value is -1.75. The molecule has 2 aliphatic heterocycles. The lowest BCUT2D eigenvalue weighted by Gasteiger charge is -2.34. The number of carbonyl (C=O) groups is 1. The number of hydrogen-bond acceptors (Lipinski definition) is 4. The first-order valence-corrected chi connectivity index (χ1v) is 10.2. The van der Waals surface area contributed by atoms with Crippen molar-refractivity contribution in [3.63, 3.8) is 0 Å². The molecule has 0 fully saturated rings. The van der Waals surface area contributed by atoms with Crippen LogP contribution in [-0.4, -0.2) is 56.5 Å². The van der Waals surface area contributed by atoms with E-state index in [1.54, 1.807) is 7.11 Å². The van der Waals surface area contributed by atoms with E-state index in [0.717, 1.165) is 52.0 Å². The monoisotopic (exact) mass is 374 g/mol. The first-order valence-electron chi connectivity index (χ1n) is 10.2. The topological polar surface area (TPSA) is 42.0 Å². The summed E-state index contributed by atoms with van der Waals surface area (Å²) >= 11 is 0. The Morgan fingerprint density at radius 2 is 1.85 bits per heavy atom. The average molecular weight is 375 g/mol. The van der Waals surface area contributed by atoms with E-state index in [1.807, 2.05) is 25.7 Å². The number of hydrogen-bond donors (Lipinski definition) is 0. The Kier molecular flexibility index (Phi) is 5.99. The van der Waals surface area contributed by atoms with Gasteiger partial charge in [0.1, 0.15) is 5.60 Å². The number of fused-ring (bicyclic) bond motifs is 2. The first kappa shape index (κ1) is 20.0. The van der Waals surface area contributed by atoms with Crippen molar-refractivity contribution < 1.29 is 14.3 Å². The van der Waals surface area contributed by atoms with Crippen molar-refractivity contribution in [2.45, 2.75) is 59.0 Å². The molecule has 0 radical (unpaired) electrons. The van der Waals surface area contributed by atoms with Gasteiger partial charge in [-0.15, -0.1) is 0 Å². The standard InChI is InChI=1S/C22H34N2O3/c1-16-19-9-12-24(21(25)27-22(2,3)4)11-8-17(19)15-18-7-6-10-23(20(16)18)13-14-26-5/h15H,6-14H2,1-5H3. The van der Waals surface area contributed by atoms with Crippen molar-refractivity contribution in [1.29, 1.82) is 0 Å². The van der Waals surface area contributed by atoms with Gasteiger partial charge in [-0.05, 0) is 75.6 Å². The third kappa shape index (κ3) is 4.57. The molecule has 0 bridgehead atoms. The van der Waals surface area contributed by atoms with Gasteiger partial charge in [0.15, 0.2) is 0 Å². The third-order valence-electron chi connectivity index (χ3n) is 5.54. The summed E-state index contributed by atoms with van der Waals surface area (Å²) in [7, 11) is 1.76. The van der Waals surface area contributed by atoms with Gasteiger partial charge in [0.05, 0.1) is 6.61 Å².